The first-order chi connectivity index (χ1) is 8.66. The summed E-state index contributed by atoms with van der Waals surface area (Å²) in [7, 11) is 0. The molecular weight excluding hydrogens is 357 g/mol. The van der Waals surface area contributed by atoms with Crippen molar-refractivity contribution in [1.29, 1.82) is 0 Å². The fourth-order valence-electron chi connectivity index (χ4n) is 1.80. The van der Waals surface area contributed by atoms with Crippen molar-refractivity contribution in [3.8, 4) is 0 Å². The van der Waals surface area contributed by atoms with Gasteiger partial charge in [-0.3, -0.25) is 0 Å². The Bertz CT molecular complexity index is 513. The Morgan fingerprint density at radius 2 is 1.89 bits per heavy atom. The van der Waals surface area contributed by atoms with Crippen molar-refractivity contribution < 1.29 is 0 Å². The molecule has 2 rings (SSSR count). The summed E-state index contributed by atoms with van der Waals surface area (Å²) in [4.78, 5) is 0. The number of hydrogen-bond acceptors (Lipinski definition) is 1. The summed E-state index contributed by atoms with van der Waals surface area (Å²) >= 11 is 8.45. The van der Waals surface area contributed by atoms with Crippen LogP contribution in [-0.4, -0.2) is 6.54 Å². The predicted octanol–water partition coefficient (Wildman–Crippen LogP) is 5.16. The fraction of sp³-hybridized carbons (Fsp3) is 0.200. The number of anilines is 1. The lowest BCUT2D eigenvalue weighted by molar-refractivity contribution is 0.805. The SMILES string of the molecule is CC(CNc1ccc(I)cc1Cl)c1ccccc1. The molecule has 0 aliphatic carbocycles. The van der Waals surface area contributed by atoms with Gasteiger partial charge in [0.05, 0.1) is 10.7 Å². The van der Waals surface area contributed by atoms with Crippen LogP contribution in [0.2, 0.25) is 5.02 Å². The number of nitrogens with one attached hydrogen (secondary N) is 1. The monoisotopic (exact) mass is 371 g/mol. The zero-order valence-electron chi connectivity index (χ0n) is 10.2. The van der Waals surface area contributed by atoms with Crippen LogP contribution in [0.3, 0.4) is 0 Å². The van der Waals surface area contributed by atoms with Crippen LogP contribution in [0.25, 0.3) is 0 Å². The summed E-state index contributed by atoms with van der Waals surface area (Å²) < 4.78 is 1.15. The topological polar surface area (TPSA) is 12.0 Å². The lowest BCUT2D eigenvalue weighted by atomic mass is 10.0. The molecule has 2 aromatic carbocycles. The van der Waals surface area contributed by atoms with Crippen molar-refractivity contribution in [3.63, 3.8) is 0 Å². The van der Waals surface area contributed by atoms with Gasteiger partial charge in [0.2, 0.25) is 0 Å². The normalized spacial score (nSPS) is 12.2. The molecule has 0 spiro atoms. The van der Waals surface area contributed by atoms with Crippen LogP contribution >= 0.6 is 34.2 Å². The van der Waals surface area contributed by atoms with Crippen molar-refractivity contribution in [3.05, 3.63) is 62.7 Å². The van der Waals surface area contributed by atoms with E-state index in [1.54, 1.807) is 0 Å². The molecule has 0 saturated carbocycles. The lowest BCUT2D eigenvalue weighted by Gasteiger charge is -2.15. The summed E-state index contributed by atoms with van der Waals surface area (Å²) in [6.07, 6.45) is 0. The zero-order chi connectivity index (χ0) is 13.0. The molecule has 0 saturated heterocycles. The molecule has 2 aromatic rings. The van der Waals surface area contributed by atoms with Crippen molar-refractivity contribution in [2.45, 2.75) is 12.8 Å². The molecule has 0 bridgehead atoms. The van der Waals surface area contributed by atoms with E-state index in [0.717, 1.165) is 20.8 Å². The molecule has 0 heterocycles. The van der Waals surface area contributed by atoms with Crippen LogP contribution in [0.1, 0.15) is 18.4 Å². The Kier molecular flexibility index (Phi) is 4.89. The van der Waals surface area contributed by atoms with E-state index in [4.69, 9.17) is 11.6 Å². The number of halogens is 2. The van der Waals surface area contributed by atoms with E-state index in [1.807, 2.05) is 18.2 Å². The van der Waals surface area contributed by atoms with Crippen LogP contribution in [0.4, 0.5) is 5.69 Å². The van der Waals surface area contributed by atoms with Crippen LogP contribution in [0.15, 0.2) is 48.5 Å². The van der Waals surface area contributed by atoms with Gasteiger partial charge in [-0.2, -0.15) is 0 Å². The number of rotatable bonds is 4. The summed E-state index contributed by atoms with van der Waals surface area (Å²) in [5.41, 5.74) is 2.34. The molecule has 0 fully saturated rings. The standard InChI is InChI=1S/C15H15ClIN/c1-11(12-5-3-2-4-6-12)10-18-15-8-7-13(17)9-14(15)16/h2-9,11,18H,10H2,1H3. The van der Waals surface area contributed by atoms with E-state index in [9.17, 15) is 0 Å². The molecule has 1 N–H and O–H groups in total. The highest BCUT2D eigenvalue weighted by Gasteiger charge is 2.06. The Labute approximate surface area is 127 Å². The summed E-state index contributed by atoms with van der Waals surface area (Å²) in [5.74, 6) is 0.460. The lowest BCUT2D eigenvalue weighted by Crippen LogP contribution is -2.10. The summed E-state index contributed by atoms with van der Waals surface area (Å²) in [6.45, 7) is 3.09. The zero-order valence-corrected chi connectivity index (χ0v) is 13.1. The van der Waals surface area contributed by atoms with E-state index in [-0.39, 0.29) is 0 Å². The van der Waals surface area contributed by atoms with Crippen LogP contribution in [0.5, 0.6) is 0 Å². The second-order valence-corrected chi connectivity index (χ2v) is 5.97. The van der Waals surface area contributed by atoms with Crippen LogP contribution in [0, 0.1) is 3.57 Å². The van der Waals surface area contributed by atoms with Gasteiger partial charge < -0.3 is 5.32 Å². The molecule has 1 atom stereocenters. The van der Waals surface area contributed by atoms with Gasteiger partial charge in [0.25, 0.3) is 0 Å². The molecule has 18 heavy (non-hydrogen) atoms. The van der Waals surface area contributed by atoms with Crippen molar-refractivity contribution in [2.75, 3.05) is 11.9 Å². The minimum atomic E-state index is 0.460. The van der Waals surface area contributed by atoms with Gasteiger partial charge in [0.1, 0.15) is 0 Å². The average molecular weight is 372 g/mol. The third-order valence-electron chi connectivity index (χ3n) is 2.90. The van der Waals surface area contributed by atoms with Gasteiger partial charge >= 0.3 is 0 Å². The fourth-order valence-corrected chi connectivity index (χ4v) is 2.72. The summed E-state index contributed by atoms with van der Waals surface area (Å²) in [6, 6.07) is 16.6. The van der Waals surface area contributed by atoms with Crippen LogP contribution in [-0.2, 0) is 0 Å². The predicted molar refractivity (Wildman–Crippen MR) is 87.5 cm³/mol. The number of benzene rings is 2. The largest absolute Gasteiger partial charge is 0.383 e. The highest BCUT2D eigenvalue weighted by molar-refractivity contribution is 14.1. The minimum Gasteiger partial charge on any atom is -0.383 e. The van der Waals surface area contributed by atoms with E-state index in [0.29, 0.717) is 5.92 Å². The smallest absolute Gasteiger partial charge is 0.0648 e. The highest BCUT2D eigenvalue weighted by atomic mass is 127. The first-order valence-electron chi connectivity index (χ1n) is 5.90. The highest BCUT2D eigenvalue weighted by Crippen LogP contribution is 2.25. The minimum absolute atomic E-state index is 0.460. The first kappa shape index (κ1) is 13.7. The maximum Gasteiger partial charge on any atom is 0.0648 e. The third-order valence-corrected chi connectivity index (χ3v) is 3.88. The Hall–Kier alpha value is -0.740. The Morgan fingerprint density at radius 1 is 1.17 bits per heavy atom. The molecule has 94 valence electrons. The van der Waals surface area contributed by atoms with Crippen molar-refractivity contribution in [2.24, 2.45) is 0 Å². The van der Waals surface area contributed by atoms with E-state index in [1.165, 1.54) is 5.56 Å². The molecule has 3 heteroatoms. The quantitative estimate of drug-likeness (QED) is 0.732. The van der Waals surface area contributed by atoms with E-state index in [2.05, 4.69) is 65.2 Å². The number of hydrogen-bond donors (Lipinski definition) is 1. The molecule has 0 aromatic heterocycles. The molecular formula is C15H15ClIN. The van der Waals surface area contributed by atoms with Gasteiger partial charge in [-0.25, -0.2) is 0 Å². The molecule has 0 amide bonds. The average Bonchev–Trinajstić information content (AvgIpc) is 2.38. The summed E-state index contributed by atoms with van der Waals surface area (Å²) in [5, 5.41) is 4.18. The second kappa shape index (κ2) is 6.43. The Morgan fingerprint density at radius 3 is 2.56 bits per heavy atom. The molecule has 0 aliphatic rings. The van der Waals surface area contributed by atoms with Gasteiger partial charge in [0, 0.05) is 10.1 Å². The molecule has 0 aliphatic heterocycles. The Balaban J connectivity index is 1.99. The maximum absolute atomic E-state index is 6.19. The first-order valence-corrected chi connectivity index (χ1v) is 7.36. The van der Waals surface area contributed by atoms with Gasteiger partial charge in [-0.15, -0.1) is 0 Å². The third kappa shape index (κ3) is 3.62. The molecule has 1 unspecified atom stereocenters. The van der Waals surface area contributed by atoms with E-state index < -0.39 is 0 Å². The molecule has 0 radical (unpaired) electrons. The molecule has 1 nitrogen and oxygen atoms in total. The van der Waals surface area contributed by atoms with Crippen LogP contribution < -0.4 is 5.32 Å². The van der Waals surface area contributed by atoms with Crippen molar-refractivity contribution in [1.82, 2.24) is 0 Å². The van der Waals surface area contributed by atoms with Gasteiger partial charge in [-0.1, -0.05) is 48.9 Å². The maximum atomic E-state index is 6.19. The van der Waals surface area contributed by atoms with Crippen molar-refractivity contribution >= 4 is 39.9 Å². The van der Waals surface area contributed by atoms with E-state index >= 15 is 0 Å². The second-order valence-electron chi connectivity index (χ2n) is 4.32. The van der Waals surface area contributed by atoms with Gasteiger partial charge in [0.15, 0.2) is 0 Å². The van der Waals surface area contributed by atoms with Gasteiger partial charge in [-0.05, 0) is 52.3 Å².